The van der Waals surface area contributed by atoms with E-state index in [1.54, 1.807) is 24.5 Å². The van der Waals surface area contributed by atoms with Crippen molar-refractivity contribution in [3.8, 4) is 0 Å². The molecule has 1 unspecified atom stereocenters. The Morgan fingerprint density at radius 3 is 2.83 bits per heavy atom. The number of aromatic nitrogens is 1. The quantitative estimate of drug-likeness (QED) is 0.866. The molecule has 2 rings (SSSR count). The molecule has 5 heteroatoms. The van der Waals surface area contributed by atoms with E-state index in [1.165, 1.54) is 11.3 Å². The lowest BCUT2D eigenvalue weighted by Crippen LogP contribution is -2.25. The summed E-state index contributed by atoms with van der Waals surface area (Å²) in [5, 5.41) is 14.5. The minimum absolute atomic E-state index is 0.143. The first-order valence-corrected chi connectivity index (χ1v) is 6.55. The molecule has 4 nitrogen and oxygen atoms in total. The van der Waals surface area contributed by atoms with Crippen molar-refractivity contribution in [3.05, 3.63) is 52.5 Å². The molecule has 2 N–H and O–H groups in total. The predicted octanol–water partition coefficient (Wildman–Crippen LogP) is 2.00. The van der Waals surface area contributed by atoms with Gasteiger partial charge in [0.05, 0.1) is 6.10 Å². The number of carbonyl (C=O) groups excluding carboxylic acids is 1. The Bertz CT molecular complexity index is 485. The summed E-state index contributed by atoms with van der Waals surface area (Å²) in [5.41, 5.74) is 0.579. The van der Waals surface area contributed by atoms with Crippen LogP contribution >= 0.6 is 11.3 Å². The van der Waals surface area contributed by atoms with E-state index in [-0.39, 0.29) is 5.91 Å². The third-order valence-corrected chi connectivity index (χ3v) is 3.49. The largest absolute Gasteiger partial charge is 0.388 e. The van der Waals surface area contributed by atoms with Gasteiger partial charge in [0.1, 0.15) is 0 Å². The highest BCUT2D eigenvalue weighted by atomic mass is 32.1. The summed E-state index contributed by atoms with van der Waals surface area (Å²) in [6.45, 7) is 0.445. The zero-order chi connectivity index (χ0) is 12.8. The normalized spacial score (nSPS) is 12.1. The van der Waals surface area contributed by atoms with Crippen molar-refractivity contribution in [3.63, 3.8) is 0 Å². The predicted molar refractivity (Wildman–Crippen MR) is 70.5 cm³/mol. The third kappa shape index (κ3) is 3.38. The number of carbonyl (C=O) groups is 1. The molecule has 1 amide bonds. The van der Waals surface area contributed by atoms with E-state index >= 15 is 0 Å². The monoisotopic (exact) mass is 262 g/mol. The van der Waals surface area contributed by atoms with E-state index in [4.69, 9.17) is 0 Å². The van der Waals surface area contributed by atoms with Crippen molar-refractivity contribution in [2.45, 2.75) is 12.5 Å². The number of aliphatic hydroxyl groups excluding tert-OH is 1. The van der Waals surface area contributed by atoms with Crippen molar-refractivity contribution < 1.29 is 9.90 Å². The molecule has 0 bridgehead atoms. The molecule has 2 aromatic heterocycles. The van der Waals surface area contributed by atoms with E-state index in [9.17, 15) is 9.90 Å². The van der Waals surface area contributed by atoms with Crippen LogP contribution in [-0.4, -0.2) is 22.5 Å². The summed E-state index contributed by atoms with van der Waals surface area (Å²) in [7, 11) is 0. The lowest BCUT2D eigenvalue weighted by Gasteiger charge is -2.09. The molecule has 94 valence electrons. The zero-order valence-corrected chi connectivity index (χ0v) is 10.6. The van der Waals surface area contributed by atoms with Crippen molar-refractivity contribution in [2.24, 2.45) is 0 Å². The highest BCUT2D eigenvalue weighted by Gasteiger charge is 2.09. The van der Waals surface area contributed by atoms with Crippen LogP contribution in [-0.2, 0) is 0 Å². The second-order valence-corrected chi connectivity index (χ2v) is 4.79. The van der Waals surface area contributed by atoms with Gasteiger partial charge in [0.2, 0.25) is 0 Å². The Morgan fingerprint density at radius 1 is 1.39 bits per heavy atom. The Morgan fingerprint density at radius 2 is 2.17 bits per heavy atom. The van der Waals surface area contributed by atoms with Gasteiger partial charge in [0, 0.05) is 29.4 Å². The molecule has 0 spiro atoms. The first-order chi connectivity index (χ1) is 8.77. The summed E-state index contributed by atoms with van der Waals surface area (Å²) in [5.74, 6) is -0.143. The van der Waals surface area contributed by atoms with Gasteiger partial charge < -0.3 is 10.4 Å². The van der Waals surface area contributed by atoms with Gasteiger partial charge in [-0.2, -0.15) is 0 Å². The van der Waals surface area contributed by atoms with Crippen LogP contribution < -0.4 is 5.32 Å². The summed E-state index contributed by atoms with van der Waals surface area (Å²) < 4.78 is 0. The molecule has 0 aliphatic heterocycles. The van der Waals surface area contributed by atoms with Gasteiger partial charge in [-0.3, -0.25) is 9.78 Å². The van der Waals surface area contributed by atoms with Gasteiger partial charge in [0.15, 0.2) is 0 Å². The van der Waals surface area contributed by atoms with Gasteiger partial charge in [-0.05, 0) is 30.0 Å². The number of pyridine rings is 1. The lowest BCUT2D eigenvalue weighted by atomic mass is 10.2. The SMILES string of the molecule is O=C(NCCC(O)c1cccs1)c1ccncc1. The average molecular weight is 262 g/mol. The third-order valence-electron chi connectivity index (χ3n) is 2.52. The van der Waals surface area contributed by atoms with E-state index in [0.717, 1.165) is 4.88 Å². The molecule has 0 saturated carbocycles. The van der Waals surface area contributed by atoms with Gasteiger partial charge in [0.25, 0.3) is 5.91 Å². The van der Waals surface area contributed by atoms with Gasteiger partial charge in [-0.1, -0.05) is 6.07 Å². The van der Waals surface area contributed by atoms with Gasteiger partial charge in [-0.25, -0.2) is 0 Å². The number of hydrogen-bond acceptors (Lipinski definition) is 4. The summed E-state index contributed by atoms with van der Waals surface area (Å²) in [6.07, 6.45) is 3.16. The molecule has 0 fully saturated rings. The second kappa shape index (κ2) is 6.28. The number of thiophene rings is 1. The van der Waals surface area contributed by atoms with Gasteiger partial charge >= 0.3 is 0 Å². The molecular weight excluding hydrogens is 248 g/mol. The van der Waals surface area contributed by atoms with Crippen LogP contribution in [0.25, 0.3) is 0 Å². The maximum absolute atomic E-state index is 11.7. The van der Waals surface area contributed by atoms with Crippen molar-refractivity contribution in [1.29, 1.82) is 0 Å². The molecule has 0 aliphatic rings. The van der Waals surface area contributed by atoms with Crippen LogP contribution in [0.3, 0.4) is 0 Å². The lowest BCUT2D eigenvalue weighted by molar-refractivity contribution is 0.0943. The second-order valence-electron chi connectivity index (χ2n) is 3.81. The van der Waals surface area contributed by atoms with Crippen molar-refractivity contribution in [2.75, 3.05) is 6.54 Å². The Labute approximate surface area is 109 Å². The first kappa shape index (κ1) is 12.7. The molecule has 1 atom stereocenters. The molecule has 2 heterocycles. The summed E-state index contributed by atoms with van der Waals surface area (Å²) in [6, 6.07) is 7.11. The molecule has 0 saturated heterocycles. The van der Waals surface area contributed by atoms with E-state index in [0.29, 0.717) is 18.5 Å². The number of nitrogens with zero attached hydrogens (tertiary/aromatic N) is 1. The number of amides is 1. The minimum Gasteiger partial charge on any atom is -0.388 e. The molecule has 0 radical (unpaired) electrons. The standard InChI is InChI=1S/C13H14N2O2S/c16-11(12-2-1-9-18-12)5-8-15-13(17)10-3-6-14-7-4-10/h1-4,6-7,9,11,16H,5,8H2,(H,15,17). The van der Waals surface area contributed by atoms with Crippen LogP contribution in [0.4, 0.5) is 0 Å². The van der Waals surface area contributed by atoms with E-state index in [1.807, 2.05) is 17.5 Å². The van der Waals surface area contributed by atoms with E-state index in [2.05, 4.69) is 10.3 Å². The highest BCUT2D eigenvalue weighted by Crippen LogP contribution is 2.20. The van der Waals surface area contributed by atoms with Crippen LogP contribution in [0, 0.1) is 0 Å². The van der Waals surface area contributed by atoms with Crippen LogP contribution in [0.2, 0.25) is 0 Å². The number of rotatable bonds is 5. The Balaban J connectivity index is 1.77. The number of aliphatic hydroxyl groups is 1. The zero-order valence-electron chi connectivity index (χ0n) is 9.74. The maximum atomic E-state index is 11.7. The smallest absolute Gasteiger partial charge is 0.251 e. The molecular formula is C13H14N2O2S. The molecule has 0 aliphatic carbocycles. The van der Waals surface area contributed by atoms with E-state index < -0.39 is 6.10 Å². The maximum Gasteiger partial charge on any atom is 0.251 e. The number of nitrogens with one attached hydrogen (secondary N) is 1. The molecule has 18 heavy (non-hydrogen) atoms. The van der Waals surface area contributed by atoms with Crippen molar-refractivity contribution >= 4 is 17.2 Å². The fraction of sp³-hybridized carbons (Fsp3) is 0.231. The van der Waals surface area contributed by atoms with Crippen LogP contribution in [0.15, 0.2) is 42.0 Å². The average Bonchev–Trinajstić information content (AvgIpc) is 2.93. The topological polar surface area (TPSA) is 62.2 Å². The number of hydrogen-bond donors (Lipinski definition) is 2. The Kier molecular flexibility index (Phi) is 4.44. The first-order valence-electron chi connectivity index (χ1n) is 5.67. The fourth-order valence-electron chi connectivity index (χ4n) is 1.55. The van der Waals surface area contributed by atoms with Crippen LogP contribution in [0.1, 0.15) is 27.8 Å². The van der Waals surface area contributed by atoms with Gasteiger partial charge in [-0.15, -0.1) is 11.3 Å². The van der Waals surface area contributed by atoms with Crippen LogP contribution in [0.5, 0.6) is 0 Å². The highest BCUT2D eigenvalue weighted by molar-refractivity contribution is 7.10. The Hall–Kier alpha value is -1.72. The molecule has 0 aromatic carbocycles. The van der Waals surface area contributed by atoms with Crippen molar-refractivity contribution in [1.82, 2.24) is 10.3 Å². The molecule has 2 aromatic rings. The fourth-order valence-corrected chi connectivity index (χ4v) is 2.30. The minimum atomic E-state index is -0.511. The summed E-state index contributed by atoms with van der Waals surface area (Å²) in [4.78, 5) is 16.5. The summed E-state index contributed by atoms with van der Waals surface area (Å²) >= 11 is 1.52.